The SMILES string of the molecule is CC(C)c1cc(-c2nnc(O)n2-c2ccc(C=CC3CCN(C(=O)O)CC3)cc2)c(O)cc1O. The molecule has 9 nitrogen and oxygen atoms in total. The van der Waals surface area contributed by atoms with Crippen LogP contribution in [0.3, 0.4) is 0 Å². The van der Waals surface area contributed by atoms with E-state index >= 15 is 0 Å². The Morgan fingerprint density at radius 3 is 2.32 bits per heavy atom. The normalized spacial score (nSPS) is 14.9. The Morgan fingerprint density at radius 1 is 1.03 bits per heavy atom. The minimum absolute atomic E-state index is 0.00342. The van der Waals surface area contributed by atoms with Crippen molar-refractivity contribution in [2.45, 2.75) is 32.6 Å². The Bertz CT molecular complexity index is 1210. The average molecular weight is 465 g/mol. The molecular weight excluding hydrogens is 436 g/mol. The van der Waals surface area contributed by atoms with Gasteiger partial charge in [-0.2, -0.15) is 0 Å². The maximum atomic E-state index is 11.0. The van der Waals surface area contributed by atoms with Crippen molar-refractivity contribution in [2.24, 2.45) is 5.92 Å². The molecule has 0 radical (unpaired) electrons. The molecule has 0 aliphatic carbocycles. The van der Waals surface area contributed by atoms with E-state index in [1.165, 1.54) is 15.5 Å². The fourth-order valence-electron chi connectivity index (χ4n) is 4.19. The van der Waals surface area contributed by atoms with Gasteiger partial charge >= 0.3 is 12.1 Å². The van der Waals surface area contributed by atoms with Gasteiger partial charge in [0.2, 0.25) is 0 Å². The molecule has 0 saturated carbocycles. The van der Waals surface area contributed by atoms with E-state index in [1.807, 2.05) is 44.2 Å². The first-order valence-corrected chi connectivity index (χ1v) is 11.2. The number of allylic oxidation sites excluding steroid dienone is 1. The second-order valence-corrected chi connectivity index (χ2v) is 8.80. The molecule has 1 saturated heterocycles. The molecule has 1 amide bonds. The molecule has 34 heavy (non-hydrogen) atoms. The molecule has 0 bridgehead atoms. The van der Waals surface area contributed by atoms with E-state index in [4.69, 9.17) is 5.11 Å². The van der Waals surface area contributed by atoms with Gasteiger partial charge in [-0.05, 0) is 54.0 Å². The third kappa shape index (κ3) is 4.68. The van der Waals surface area contributed by atoms with Gasteiger partial charge in [-0.15, -0.1) is 5.10 Å². The topological polar surface area (TPSA) is 132 Å². The number of hydrogen-bond donors (Lipinski definition) is 4. The first kappa shape index (κ1) is 23.2. The largest absolute Gasteiger partial charge is 0.508 e. The van der Waals surface area contributed by atoms with E-state index in [9.17, 15) is 20.1 Å². The quantitative estimate of drug-likeness (QED) is 0.435. The first-order valence-electron chi connectivity index (χ1n) is 11.2. The van der Waals surface area contributed by atoms with Crippen molar-refractivity contribution in [3.63, 3.8) is 0 Å². The molecule has 4 N–H and O–H groups in total. The molecule has 0 atom stereocenters. The van der Waals surface area contributed by atoms with E-state index < -0.39 is 6.09 Å². The van der Waals surface area contributed by atoms with Gasteiger partial charge in [0.15, 0.2) is 5.82 Å². The summed E-state index contributed by atoms with van der Waals surface area (Å²) in [6.07, 6.45) is 4.85. The van der Waals surface area contributed by atoms with Crippen LogP contribution in [0.5, 0.6) is 17.5 Å². The molecule has 3 aromatic rings. The van der Waals surface area contributed by atoms with Crippen molar-refractivity contribution in [1.82, 2.24) is 19.7 Å². The number of aromatic hydroxyl groups is 3. The monoisotopic (exact) mass is 464 g/mol. The van der Waals surface area contributed by atoms with Gasteiger partial charge in [0, 0.05) is 19.2 Å². The zero-order valence-electron chi connectivity index (χ0n) is 19.1. The van der Waals surface area contributed by atoms with Gasteiger partial charge in [-0.3, -0.25) is 0 Å². The van der Waals surface area contributed by atoms with Gasteiger partial charge in [0.25, 0.3) is 0 Å². The Labute approximate surface area is 197 Å². The molecule has 1 aliphatic heterocycles. The van der Waals surface area contributed by atoms with Crippen LogP contribution < -0.4 is 0 Å². The molecule has 9 heteroatoms. The summed E-state index contributed by atoms with van der Waals surface area (Å²) in [5.41, 5.74) is 2.58. The fourth-order valence-corrected chi connectivity index (χ4v) is 4.19. The Kier molecular flexibility index (Phi) is 6.45. The van der Waals surface area contributed by atoms with Gasteiger partial charge in [0.1, 0.15) is 11.5 Å². The predicted molar refractivity (Wildman–Crippen MR) is 127 cm³/mol. The summed E-state index contributed by atoms with van der Waals surface area (Å²) < 4.78 is 1.44. The highest BCUT2D eigenvalue weighted by Gasteiger charge is 2.22. The number of rotatable bonds is 5. The lowest BCUT2D eigenvalue weighted by molar-refractivity contribution is 0.129. The van der Waals surface area contributed by atoms with Gasteiger partial charge in [0.05, 0.1) is 11.3 Å². The van der Waals surface area contributed by atoms with Crippen molar-refractivity contribution in [1.29, 1.82) is 0 Å². The number of likely N-dealkylation sites (tertiary alicyclic amines) is 1. The van der Waals surface area contributed by atoms with Crippen molar-refractivity contribution in [3.8, 4) is 34.6 Å². The van der Waals surface area contributed by atoms with Gasteiger partial charge < -0.3 is 25.3 Å². The van der Waals surface area contributed by atoms with Crippen LogP contribution in [0.15, 0.2) is 42.5 Å². The maximum Gasteiger partial charge on any atom is 0.407 e. The third-order valence-electron chi connectivity index (χ3n) is 6.18. The summed E-state index contributed by atoms with van der Waals surface area (Å²) in [5, 5.41) is 47.9. The summed E-state index contributed by atoms with van der Waals surface area (Å²) in [6, 6.07) is 10.1. The van der Waals surface area contributed by atoms with E-state index in [0.29, 0.717) is 35.8 Å². The molecule has 1 fully saturated rings. The highest BCUT2D eigenvalue weighted by atomic mass is 16.4. The predicted octanol–water partition coefficient (Wildman–Crippen LogP) is 4.58. The molecule has 1 aromatic heterocycles. The standard InChI is InChI=1S/C25H28N4O5/c1-15(2)19-13-20(22(31)14-21(19)30)23-26-27-24(32)29(23)18-7-5-16(6-8-18)3-4-17-9-11-28(12-10-17)25(33)34/h3-8,13-15,17,30-31H,9-12H2,1-2H3,(H,27,32)(H,33,34). The zero-order chi connectivity index (χ0) is 24.4. The van der Waals surface area contributed by atoms with E-state index in [2.05, 4.69) is 16.3 Å². The summed E-state index contributed by atoms with van der Waals surface area (Å²) >= 11 is 0. The van der Waals surface area contributed by atoms with Crippen molar-refractivity contribution in [3.05, 3.63) is 53.6 Å². The van der Waals surface area contributed by atoms with Crippen molar-refractivity contribution >= 4 is 12.2 Å². The summed E-state index contributed by atoms with van der Waals surface area (Å²) in [6.45, 7) is 4.95. The lowest BCUT2D eigenvalue weighted by atomic mass is 9.96. The van der Waals surface area contributed by atoms with Crippen molar-refractivity contribution in [2.75, 3.05) is 13.1 Å². The fraction of sp³-hybridized carbons (Fsp3) is 0.320. The minimum Gasteiger partial charge on any atom is -0.508 e. The van der Waals surface area contributed by atoms with Crippen LogP contribution in [0, 0.1) is 5.92 Å². The van der Waals surface area contributed by atoms with E-state index in [1.54, 1.807) is 6.07 Å². The molecule has 2 aromatic carbocycles. The maximum absolute atomic E-state index is 11.0. The number of carboxylic acid groups (broad SMARTS) is 1. The van der Waals surface area contributed by atoms with Crippen LogP contribution >= 0.6 is 0 Å². The van der Waals surface area contributed by atoms with Gasteiger partial charge in [-0.25, -0.2) is 9.36 Å². The van der Waals surface area contributed by atoms with E-state index in [0.717, 1.165) is 18.4 Å². The molecule has 0 spiro atoms. The second-order valence-electron chi connectivity index (χ2n) is 8.80. The second kappa shape index (κ2) is 9.46. The number of phenols is 2. The van der Waals surface area contributed by atoms with Crippen LogP contribution in [0.4, 0.5) is 4.79 Å². The van der Waals surface area contributed by atoms with Crippen molar-refractivity contribution < 1.29 is 25.2 Å². The molecular formula is C25H28N4O5. The lowest BCUT2D eigenvalue weighted by Gasteiger charge is -2.28. The lowest BCUT2D eigenvalue weighted by Crippen LogP contribution is -2.36. The number of nitrogens with zero attached hydrogens (tertiary/aromatic N) is 4. The number of piperidine rings is 1. The highest BCUT2D eigenvalue weighted by Crippen LogP contribution is 2.38. The van der Waals surface area contributed by atoms with Crippen LogP contribution in [-0.4, -0.2) is 59.3 Å². The Balaban J connectivity index is 1.56. The number of hydrogen-bond acceptors (Lipinski definition) is 6. The number of carbonyl (C=O) groups is 1. The molecule has 1 aliphatic rings. The zero-order valence-corrected chi connectivity index (χ0v) is 19.1. The molecule has 4 rings (SSSR count). The number of amides is 1. The number of benzene rings is 2. The number of aromatic nitrogens is 3. The van der Waals surface area contributed by atoms with Crippen LogP contribution in [0.1, 0.15) is 43.7 Å². The first-order chi connectivity index (χ1) is 16.2. The van der Waals surface area contributed by atoms with Crippen LogP contribution in [0.25, 0.3) is 23.2 Å². The van der Waals surface area contributed by atoms with E-state index in [-0.39, 0.29) is 29.3 Å². The Hall–Kier alpha value is -4.01. The summed E-state index contributed by atoms with van der Waals surface area (Å²) in [4.78, 5) is 12.5. The summed E-state index contributed by atoms with van der Waals surface area (Å²) in [5.74, 6) is 0.439. The van der Waals surface area contributed by atoms with Crippen LogP contribution in [0.2, 0.25) is 0 Å². The number of phenolic OH excluding ortho intramolecular Hbond substituents is 2. The smallest absolute Gasteiger partial charge is 0.407 e. The summed E-state index contributed by atoms with van der Waals surface area (Å²) in [7, 11) is 0. The molecule has 0 unspecified atom stereocenters. The average Bonchev–Trinajstić information content (AvgIpc) is 3.19. The van der Waals surface area contributed by atoms with Crippen LogP contribution in [-0.2, 0) is 0 Å². The van der Waals surface area contributed by atoms with Gasteiger partial charge in [-0.1, -0.05) is 43.2 Å². The highest BCUT2D eigenvalue weighted by molar-refractivity contribution is 5.70. The third-order valence-corrected chi connectivity index (χ3v) is 6.18. The molecule has 2 heterocycles. The molecule has 178 valence electrons. The Morgan fingerprint density at radius 2 is 1.71 bits per heavy atom. The minimum atomic E-state index is -0.865.